The number of halogens is 4. The average molecular weight is 574 g/mol. The SMILES string of the molecule is CCN1C(=O)[C@H]2[C@H](CC=C3[C@H]2C[C@@]2(Cl)C(=O)N(CBr)C(=O)[C@@]2(Cl)[C@H]3c2cccc(F)c2O)C1=O. The highest BCUT2D eigenvalue weighted by molar-refractivity contribution is 9.09. The van der Waals surface area contributed by atoms with Crippen molar-refractivity contribution >= 4 is 62.8 Å². The Balaban J connectivity index is 1.77. The van der Waals surface area contributed by atoms with Gasteiger partial charge in [-0.25, -0.2) is 4.39 Å². The highest BCUT2D eigenvalue weighted by atomic mass is 79.9. The maximum atomic E-state index is 14.4. The van der Waals surface area contributed by atoms with Gasteiger partial charge in [-0.2, -0.15) is 0 Å². The minimum absolute atomic E-state index is 0.00359. The molecule has 2 aliphatic carbocycles. The number of nitrogens with zero attached hydrogens (tertiary/aromatic N) is 2. The van der Waals surface area contributed by atoms with Gasteiger partial charge >= 0.3 is 0 Å². The number of phenolic OH excluding ortho intramolecular Hbond substituents is 1. The quantitative estimate of drug-likeness (QED) is 0.259. The Morgan fingerprint density at radius 1 is 1.12 bits per heavy atom. The van der Waals surface area contributed by atoms with Crippen molar-refractivity contribution in [3.05, 3.63) is 41.2 Å². The molecule has 0 radical (unpaired) electrons. The molecule has 4 aliphatic rings. The van der Waals surface area contributed by atoms with Crippen LogP contribution >= 0.6 is 39.1 Å². The van der Waals surface area contributed by atoms with Crippen LogP contribution in [0.15, 0.2) is 29.8 Å². The molecule has 1 saturated carbocycles. The fourth-order valence-electron chi connectivity index (χ4n) is 6.24. The zero-order valence-corrected chi connectivity index (χ0v) is 21.0. The van der Waals surface area contributed by atoms with E-state index in [-0.39, 0.29) is 42.2 Å². The summed E-state index contributed by atoms with van der Waals surface area (Å²) in [7, 11) is 0. The summed E-state index contributed by atoms with van der Waals surface area (Å²) in [6, 6.07) is 3.85. The number of imide groups is 2. The minimum atomic E-state index is -2.07. The number of para-hydroxylation sites is 1. The first kappa shape index (κ1) is 23.8. The van der Waals surface area contributed by atoms with Crippen molar-refractivity contribution in [2.45, 2.75) is 35.4 Å². The van der Waals surface area contributed by atoms with Crippen LogP contribution in [-0.4, -0.2) is 60.3 Å². The van der Waals surface area contributed by atoms with Crippen molar-refractivity contribution in [1.29, 1.82) is 0 Å². The van der Waals surface area contributed by atoms with Crippen LogP contribution in [0.25, 0.3) is 0 Å². The van der Waals surface area contributed by atoms with Crippen LogP contribution in [0.1, 0.15) is 31.2 Å². The third-order valence-corrected chi connectivity index (χ3v) is 9.67. The van der Waals surface area contributed by atoms with E-state index in [0.29, 0.717) is 5.57 Å². The van der Waals surface area contributed by atoms with E-state index < -0.39 is 56.8 Å². The first-order valence-corrected chi connectivity index (χ1v) is 12.7. The van der Waals surface area contributed by atoms with Gasteiger partial charge < -0.3 is 5.11 Å². The summed E-state index contributed by atoms with van der Waals surface area (Å²) in [5.74, 6) is -7.11. The van der Waals surface area contributed by atoms with E-state index in [1.807, 2.05) is 0 Å². The summed E-state index contributed by atoms with van der Waals surface area (Å²) in [4.78, 5) is 51.1. The van der Waals surface area contributed by atoms with E-state index in [1.54, 1.807) is 13.0 Å². The largest absolute Gasteiger partial charge is 0.505 e. The number of aromatic hydroxyl groups is 1. The summed E-state index contributed by atoms with van der Waals surface area (Å²) >= 11 is 17.1. The molecule has 1 aromatic carbocycles. The molecule has 1 N–H and O–H groups in total. The molecule has 2 heterocycles. The van der Waals surface area contributed by atoms with Crippen LogP contribution in [-0.2, 0) is 19.2 Å². The average Bonchev–Trinajstić information content (AvgIpc) is 3.14. The lowest BCUT2D eigenvalue weighted by Gasteiger charge is -2.50. The van der Waals surface area contributed by atoms with Gasteiger partial charge in [0.1, 0.15) is 0 Å². The molecule has 6 atom stereocenters. The normalized spacial score (nSPS) is 37.0. The van der Waals surface area contributed by atoms with Gasteiger partial charge in [-0.3, -0.25) is 29.0 Å². The van der Waals surface area contributed by atoms with Crippen LogP contribution in [0, 0.1) is 23.6 Å². The molecule has 0 unspecified atom stereocenters. The molecule has 0 spiro atoms. The fourth-order valence-corrected chi connectivity index (χ4v) is 7.66. The van der Waals surface area contributed by atoms with Crippen LogP contribution < -0.4 is 0 Å². The predicted octanol–water partition coefficient (Wildman–Crippen LogP) is 3.26. The number of hydrogen-bond donors (Lipinski definition) is 1. The Morgan fingerprint density at radius 2 is 1.82 bits per heavy atom. The number of carbonyl (C=O) groups excluding carboxylic acids is 4. The van der Waals surface area contributed by atoms with Crippen LogP contribution in [0.4, 0.5) is 4.39 Å². The number of rotatable bonds is 3. The number of benzene rings is 1. The van der Waals surface area contributed by atoms with E-state index in [4.69, 9.17) is 23.2 Å². The number of allylic oxidation sites excluding steroid dienone is 2. The lowest BCUT2D eigenvalue weighted by atomic mass is 9.56. The van der Waals surface area contributed by atoms with Crippen LogP contribution in [0.3, 0.4) is 0 Å². The summed E-state index contributed by atoms with van der Waals surface area (Å²) in [5.41, 5.74) is 0.341. The predicted molar refractivity (Wildman–Crippen MR) is 124 cm³/mol. The van der Waals surface area contributed by atoms with E-state index >= 15 is 0 Å². The molecule has 4 amide bonds. The second kappa shape index (κ2) is 7.77. The first-order valence-electron chi connectivity index (χ1n) is 10.9. The van der Waals surface area contributed by atoms with E-state index in [1.165, 1.54) is 17.0 Å². The number of fused-ring (bicyclic) bond motifs is 4. The lowest BCUT2D eigenvalue weighted by Crippen LogP contribution is -2.60. The number of amides is 4. The lowest BCUT2D eigenvalue weighted by molar-refractivity contribution is -0.141. The number of hydrogen-bond acceptors (Lipinski definition) is 5. The summed E-state index contributed by atoms with van der Waals surface area (Å²) in [6.45, 7) is 1.91. The molecular weight excluding hydrogens is 554 g/mol. The number of likely N-dealkylation sites (tertiary alicyclic amines) is 2. The van der Waals surface area contributed by atoms with Gasteiger partial charge in [0.15, 0.2) is 21.3 Å². The zero-order valence-electron chi connectivity index (χ0n) is 17.9. The van der Waals surface area contributed by atoms with Crippen molar-refractivity contribution in [1.82, 2.24) is 9.80 Å². The van der Waals surface area contributed by atoms with Gasteiger partial charge in [-0.05, 0) is 31.7 Å². The minimum Gasteiger partial charge on any atom is -0.505 e. The Kier molecular flexibility index (Phi) is 5.43. The maximum Gasteiger partial charge on any atom is 0.254 e. The van der Waals surface area contributed by atoms with Crippen LogP contribution in [0.2, 0.25) is 0 Å². The third kappa shape index (κ3) is 2.69. The molecule has 7 nitrogen and oxygen atoms in total. The zero-order chi connectivity index (χ0) is 24.7. The van der Waals surface area contributed by atoms with E-state index in [9.17, 15) is 28.7 Å². The molecule has 0 bridgehead atoms. The molecule has 2 aliphatic heterocycles. The van der Waals surface area contributed by atoms with Crippen molar-refractivity contribution in [3.63, 3.8) is 0 Å². The molecule has 0 aromatic heterocycles. The fraction of sp³-hybridized carbons (Fsp3) is 0.478. The standard InChI is InChI=1S/C23H20BrCl2FN2O5/c1-2-28-18(31)11-7-6-10-13(15(11)19(28)32)8-22(25)20(33)29(9-24)21(34)23(22,26)16(10)12-4-3-5-14(27)17(12)30/h3-6,11,13,15-16,30H,2,7-9H2,1H3/t11-,13+,15-,16+,22+,23-/m0/s1. The Bertz CT molecular complexity index is 1190. The van der Waals surface area contributed by atoms with Gasteiger partial charge in [0.25, 0.3) is 11.8 Å². The van der Waals surface area contributed by atoms with Crippen molar-refractivity contribution in [2.75, 3.05) is 12.0 Å². The summed E-state index contributed by atoms with van der Waals surface area (Å²) in [6.07, 6.45) is 1.80. The Labute approximate surface area is 213 Å². The second-order valence-corrected chi connectivity index (χ2v) is 10.8. The molecule has 5 rings (SSSR count). The monoisotopic (exact) mass is 572 g/mol. The smallest absolute Gasteiger partial charge is 0.254 e. The highest BCUT2D eigenvalue weighted by Crippen LogP contribution is 2.66. The molecule has 3 fully saturated rings. The topological polar surface area (TPSA) is 95.0 Å². The molecule has 180 valence electrons. The Morgan fingerprint density at radius 3 is 2.47 bits per heavy atom. The summed E-state index contributed by atoms with van der Waals surface area (Å²) in [5, 5.41) is 10.6. The van der Waals surface area contributed by atoms with Gasteiger partial charge in [-0.15, -0.1) is 23.2 Å². The first-order chi connectivity index (χ1) is 16.0. The second-order valence-electron chi connectivity index (χ2n) is 9.08. The molecule has 11 heteroatoms. The molecule has 2 saturated heterocycles. The van der Waals surface area contributed by atoms with Crippen molar-refractivity contribution in [2.24, 2.45) is 17.8 Å². The highest BCUT2D eigenvalue weighted by Gasteiger charge is 2.76. The van der Waals surface area contributed by atoms with E-state index in [0.717, 1.165) is 11.0 Å². The molecule has 1 aromatic rings. The number of phenols is 1. The van der Waals surface area contributed by atoms with Crippen molar-refractivity contribution in [3.8, 4) is 5.75 Å². The molecule has 34 heavy (non-hydrogen) atoms. The molecular formula is C23H20BrCl2FN2O5. The Hall–Kier alpha value is -1.97. The van der Waals surface area contributed by atoms with Crippen LogP contribution in [0.5, 0.6) is 5.75 Å². The van der Waals surface area contributed by atoms with Gasteiger partial charge in [0.05, 0.1) is 17.3 Å². The van der Waals surface area contributed by atoms with E-state index in [2.05, 4.69) is 15.9 Å². The van der Waals surface area contributed by atoms with Gasteiger partial charge in [0.2, 0.25) is 11.8 Å². The number of alkyl halides is 3. The third-order valence-electron chi connectivity index (χ3n) is 7.75. The summed E-state index contributed by atoms with van der Waals surface area (Å²) < 4.78 is 14.4. The van der Waals surface area contributed by atoms with Gasteiger partial charge in [-0.1, -0.05) is 39.7 Å². The van der Waals surface area contributed by atoms with Gasteiger partial charge in [0, 0.05) is 18.0 Å². The maximum absolute atomic E-state index is 14.4. The van der Waals surface area contributed by atoms with Crippen molar-refractivity contribution < 1.29 is 28.7 Å². The number of carbonyl (C=O) groups is 4.